The van der Waals surface area contributed by atoms with E-state index in [0.717, 1.165) is 16.3 Å². The molecule has 7 nitrogen and oxygen atoms in total. The summed E-state index contributed by atoms with van der Waals surface area (Å²) < 4.78 is 5.32. The Morgan fingerprint density at radius 2 is 2.00 bits per heavy atom. The van der Waals surface area contributed by atoms with Crippen LogP contribution in [0.25, 0.3) is 10.7 Å². The second kappa shape index (κ2) is 9.15. The highest BCUT2D eigenvalue weighted by Gasteiger charge is 2.21. The SMILES string of the molecule is Cc1c(NC(=O)Cc2csc(-c3ccccn3)n2)cccc1C(=O)N1CCOCC1. The Balaban J connectivity index is 1.43. The number of rotatable bonds is 5. The predicted molar refractivity (Wildman–Crippen MR) is 116 cm³/mol. The topological polar surface area (TPSA) is 84.4 Å². The number of pyridine rings is 1. The number of hydrogen-bond donors (Lipinski definition) is 1. The van der Waals surface area contributed by atoms with Gasteiger partial charge < -0.3 is 15.0 Å². The molecule has 1 aliphatic heterocycles. The van der Waals surface area contributed by atoms with E-state index in [9.17, 15) is 9.59 Å². The summed E-state index contributed by atoms with van der Waals surface area (Å²) in [5.41, 5.74) is 3.48. The van der Waals surface area contributed by atoms with E-state index in [1.807, 2.05) is 36.6 Å². The molecule has 2 aromatic heterocycles. The number of benzene rings is 1. The van der Waals surface area contributed by atoms with Gasteiger partial charge in [0.2, 0.25) is 5.91 Å². The van der Waals surface area contributed by atoms with Crippen molar-refractivity contribution in [2.75, 3.05) is 31.6 Å². The van der Waals surface area contributed by atoms with Crippen LogP contribution >= 0.6 is 11.3 Å². The van der Waals surface area contributed by atoms with E-state index in [0.29, 0.717) is 43.2 Å². The molecule has 0 atom stereocenters. The quantitative estimate of drug-likeness (QED) is 0.683. The highest BCUT2D eigenvalue weighted by Crippen LogP contribution is 2.23. The molecule has 1 aliphatic rings. The van der Waals surface area contributed by atoms with Gasteiger partial charge in [0.15, 0.2) is 0 Å². The van der Waals surface area contributed by atoms with Gasteiger partial charge in [0.25, 0.3) is 5.91 Å². The molecule has 2 amide bonds. The van der Waals surface area contributed by atoms with Crippen LogP contribution in [0.15, 0.2) is 48.0 Å². The number of nitrogens with one attached hydrogen (secondary N) is 1. The molecule has 0 unspecified atom stereocenters. The van der Waals surface area contributed by atoms with Crippen LogP contribution in [0.5, 0.6) is 0 Å². The Bertz CT molecular complexity index is 1050. The lowest BCUT2D eigenvalue weighted by Crippen LogP contribution is -2.41. The van der Waals surface area contributed by atoms with Crippen LogP contribution < -0.4 is 5.32 Å². The maximum Gasteiger partial charge on any atom is 0.254 e. The number of carbonyl (C=O) groups excluding carboxylic acids is 2. The average molecular weight is 423 g/mol. The number of thiazole rings is 1. The lowest BCUT2D eigenvalue weighted by atomic mass is 10.0. The molecular weight excluding hydrogens is 400 g/mol. The Hall–Kier alpha value is -3.10. The summed E-state index contributed by atoms with van der Waals surface area (Å²) >= 11 is 1.46. The summed E-state index contributed by atoms with van der Waals surface area (Å²) in [5, 5.41) is 5.58. The van der Waals surface area contributed by atoms with Gasteiger partial charge in [-0.3, -0.25) is 14.6 Å². The highest BCUT2D eigenvalue weighted by molar-refractivity contribution is 7.13. The second-order valence-electron chi connectivity index (χ2n) is 6.97. The Kier molecular flexibility index (Phi) is 6.15. The van der Waals surface area contributed by atoms with Crippen molar-refractivity contribution in [1.82, 2.24) is 14.9 Å². The summed E-state index contributed by atoms with van der Waals surface area (Å²) in [4.78, 5) is 36.0. The number of aromatic nitrogens is 2. The normalized spacial score (nSPS) is 13.8. The van der Waals surface area contributed by atoms with Crippen LogP contribution in [0.3, 0.4) is 0 Å². The summed E-state index contributed by atoms with van der Waals surface area (Å²) in [6, 6.07) is 11.0. The zero-order valence-electron chi connectivity index (χ0n) is 16.6. The Morgan fingerprint density at radius 3 is 2.77 bits per heavy atom. The summed E-state index contributed by atoms with van der Waals surface area (Å²) in [5.74, 6) is -0.210. The van der Waals surface area contributed by atoms with Gasteiger partial charge in [0, 0.05) is 35.9 Å². The van der Waals surface area contributed by atoms with Crippen LogP contribution in [0.4, 0.5) is 5.69 Å². The van der Waals surface area contributed by atoms with Crippen LogP contribution in [0.2, 0.25) is 0 Å². The summed E-state index contributed by atoms with van der Waals surface area (Å²) in [6.45, 7) is 4.12. The van der Waals surface area contributed by atoms with Crippen molar-refractivity contribution >= 4 is 28.8 Å². The van der Waals surface area contributed by atoms with Gasteiger partial charge in [0.05, 0.1) is 31.0 Å². The van der Waals surface area contributed by atoms with Gasteiger partial charge in [-0.2, -0.15) is 0 Å². The molecule has 30 heavy (non-hydrogen) atoms. The zero-order valence-corrected chi connectivity index (χ0v) is 17.4. The van der Waals surface area contributed by atoms with E-state index in [2.05, 4.69) is 15.3 Å². The van der Waals surface area contributed by atoms with Crippen molar-refractivity contribution in [2.45, 2.75) is 13.3 Å². The average Bonchev–Trinajstić information content (AvgIpc) is 3.24. The van der Waals surface area contributed by atoms with Gasteiger partial charge in [-0.15, -0.1) is 11.3 Å². The molecule has 0 spiro atoms. The molecule has 4 rings (SSSR count). The van der Waals surface area contributed by atoms with Gasteiger partial charge in [0.1, 0.15) is 5.01 Å². The first-order valence-electron chi connectivity index (χ1n) is 9.74. The predicted octanol–water partition coefficient (Wildman–Crippen LogP) is 3.17. The minimum absolute atomic E-state index is 0.0357. The first kappa shape index (κ1) is 20.2. The van der Waals surface area contributed by atoms with Gasteiger partial charge >= 0.3 is 0 Å². The minimum atomic E-state index is -0.174. The molecule has 1 saturated heterocycles. The second-order valence-corrected chi connectivity index (χ2v) is 7.82. The summed E-state index contributed by atoms with van der Waals surface area (Å²) in [6.07, 6.45) is 1.88. The van der Waals surface area contributed by atoms with E-state index in [4.69, 9.17) is 4.74 Å². The molecule has 1 fully saturated rings. The standard InChI is InChI=1S/C22H22N4O3S/c1-15-17(22(28)26-9-11-29-12-10-26)5-4-7-18(15)25-20(27)13-16-14-30-21(24-16)19-6-2-3-8-23-19/h2-8,14H,9-13H2,1H3,(H,25,27). The number of anilines is 1. The van der Waals surface area contributed by atoms with Crippen LogP contribution in [-0.4, -0.2) is 53.0 Å². The molecule has 1 aromatic carbocycles. The van der Waals surface area contributed by atoms with Crippen molar-refractivity contribution in [2.24, 2.45) is 0 Å². The van der Waals surface area contributed by atoms with Crippen LogP contribution in [0, 0.1) is 6.92 Å². The number of hydrogen-bond acceptors (Lipinski definition) is 6. The van der Waals surface area contributed by atoms with E-state index in [1.54, 1.807) is 23.2 Å². The number of ether oxygens (including phenoxy) is 1. The molecule has 3 aromatic rings. The number of amides is 2. The Morgan fingerprint density at radius 1 is 1.17 bits per heavy atom. The van der Waals surface area contributed by atoms with E-state index < -0.39 is 0 Å². The molecule has 1 N–H and O–H groups in total. The van der Waals surface area contributed by atoms with Crippen molar-refractivity contribution in [3.05, 3.63) is 64.8 Å². The van der Waals surface area contributed by atoms with E-state index in [-0.39, 0.29) is 18.2 Å². The molecule has 0 radical (unpaired) electrons. The fourth-order valence-electron chi connectivity index (χ4n) is 3.29. The first-order chi connectivity index (χ1) is 14.6. The molecule has 0 saturated carbocycles. The third kappa shape index (κ3) is 4.55. The number of carbonyl (C=O) groups is 2. The Labute approximate surface area is 178 Å². The van der Waals surface area contributed by atoms with Gasteiger partial charge in [-0.25, -0.2) is 4.98 Å². The van der Waals surface area contributed by atoms with Crippen LogP contribution in [-0.2, 0) is 16.0 Å². The molecule has 0 bridgehead atoms. The summed E-state index contributed by atoms with van der Waals surface area (Å²) in [7, 11) is 0. The van der Waals surface area contributed by atoms with Gasteiger partial charge in [-0.05, 0) is 36.8 Å². The van der Waals surface area contributed by atoms with Crippen molar-refractivity contribution in [3.8, 4) is 10.7 Å². The lowest BCUT2D eigenvalue weighted by Gasteiger charge is -2.27. The number of morpholine rings is 1. The molecule has 154 valence electrons. The first-order valence-corrected chi connectivity index (χ1v) is 10.6. The maximum atomic E-state index is 12.8. The largest absolute Gasteiger partial charge is 0.378 e. The third-order valence-electron chi connectivity index (χ3n) is 4.91. The fraction of sp³-hybridized carbons (Fsp3) is 0.273. The maximum absolute atomic E-state index is 12.8. The van der Waals surface area contributed by atoms with E-state index in [1.165, 1.54) is 11.3 Å². The van der Waals surface area contributed by atoms with Crippen molar-refractivity contribution in [3.63, 3.8) is 0 Å². The monoisotopic (exact) mass is 422 g/mol. The molecule has 0 aliphatic carbocycles. The lowest BCUT2D eigenvalue weighted by molar-refractivity contribution is -0.115. The van der Waals surface area contributed by atoms with Crippen molar-refractivity contribution < 1.29 is 14.3 Å². The smallest absolute Gasteiger partial charge is 0.254 e. The molecule has 3 heterocycles. The zero-order chi connectivity index (χ0) is 20.9. The molecular formula is C22H22N4O3S. The number of nitrogens with zero attached hydrogens (tertiary/aromatic N) is 3. The van der Waals surface area contributed by atoms with Crippen molar-refractivity contribution in [1.29, 1.82) is 0 Å². The van der Waals surface area contributed by atoms with E-state index >= 15 is 0 Å². The molecule has 8 heteroatoms. The fourth-order valence-corrected chi connectivity index (χ4v) is 4.09. The van der Waals surface area contributed by atoms with Gasteiger partial charge in [-0.1, -0.05) is 12.1 Å². The van der Waals surface area contributed by atoms with Crippen LogP contribution in [0.1, 0.15) is 21.6 Å². The third-order valence-corrected chi connectivity index (χ3v) is 5.83. The highest BCUT2D eigenvalue weighted by atomic mass is 32.1. The minimum Gasteiger partial charge on any atom is -0.378 e.